The first-order valence-corrected chi connectivity index (χ1v) is 10.1. The van der Waals surface area contributed by atoms with E-state index >= 15 is 0 Å². The summed E-state index contributed by atoms with van der Waals surface area (Å²) in [6.45, 7) is 2.80. The number of benzene rings is 2. The molecular weight excluding hydrogens is 398 g/mol. The van der Waals surface area contributed by atoms with Crippen LogP contribution in [0.2, 0.25) is 0 Å². The number of para-hydroxylation sites is 1. The van der Waals surface area contributed by atoms with Gasteiger partial charge in [-0.15, -0.1) is 16.5 Å². The molecule has 4 aromatic rings. The van der Waals surface area contributed by atoms with Crippen molar-refractivity contribution in [2.45, 2.75) is 13.5 Å². The van der Waals surface area contributed by atoms with Crippen molar-refractivity contribution in [3.8, 4) is 28.0 Å². The van der Waals surface area contributed by atoms with E-state index in [0.29, 0.717) is 45.4 Å². The topological polar surface area (TPSA) is 104 Å². The van der Waals surface area contributed by atoms with Gasteiger partial charge in [0.15, 0.2) is 11.6 Å². The average Bonchev–Trinajstić information content (AvgIpc) is 3.12. The number of nitrogens with zero attached hydrogens (tertiary/aromatic N) is 5. The molecule has 2 aromatic carbocycles. The Labute approximate surface area is 177 Å². The third-order valence-electron chi connectivity index (χ3n) is 4.36. The van der Waals surface area contributed by atoms with Crippen LogP contribution in [0.3, 0.4) is 0 Å². The molecule has 7 nitrogen and oxygen atoms in total. The van der Waals surface area contributed by atoms with Crippen LogP contribution in [-0.2, 0) is 6.54 Å². The van der Waals surface area contributed by atoms with E-state index in [1.165, 1.54) is 17.7 Å². The molecule has 0 radical (unpaired) electrons. The molecule has 8 heteroatoms. The summed E-state index contributed by atoms with van der Waals surface area (Å²) in [6.07, 6.45) is 1.36. The molecule has 0 spiro atoms. The van der Waals surface area contributed by atoms with Gasteiger partial charge in [0, 0.05) is 5.56 Å². The molecule has 0 aliphatic carbocycles. The largest absolute Gasteiger partial charge is 0.504 e. The zero-order chi connectivity index (χ0) is 20.9. The summed E-state index contributed by atoms with van der Waals surface area (Å²) < 4.78 is 6.35. The molecule has 0 saturated carbocycles. The Balaban J connectivity index is 1.67. The van der Waals surface area contributed by atoms with Crippen LogP contribution in [0.1, 0.15) is 18.1 Å². The maximum Gasteiger partial charge on any atom is 0.195 e. The monoisotopic (exact) mass is 415 g/mol. The number of ether oxygens (including phenoxy) is 1. The summed E-state index contributed by atoms with van der Waals surface area (Å²) in [5.41, 5.74) is 2.76. The predicted molar refractivity (Wildman–Crippen MR) is 115 cm³/mol. The zero-order valence-corrected chi connectivity index (χ0v) is 16.9. The fourth-order valence-electron chi connectivity index (χ4n) is 2.94. The summed E-state index contributed by atoms with van der Waals surface area (Å²) in [6, 6.07) is 16.8. The molecule has 4 rings (SSSR count). The Kier molecular flexibility index (Phi) is 5.63. The minimum absolute atomic E-state index is 0.0769. The van der Waals surface area contributed by atoms with Crippen molar-refractivity contribution >= 4 is 27.4 Å². The number of hydrogen-bond acceptors (Lipinski definition) is 8. The van der Waals surface area contributed by atoms with Crippen LogP contribution in [0.4, 0.5) is 5.82 Å². The lowest BCUT2D eigenvalue weighted by Crippen LogP contribution is -1.92. The van der Waals surface area contributed by atoms with Crippen LogP contribution >= 0.6 is 11.3 Å². The number of aromatic hydroxyl groups is 1. The molecule has 0 fully saturated rings. The number of rotatable bonds is 6. The van der Waals surface area contributed by atoms with Crippen LogP contribution in [0, 0.1) is 11.3 Å². The van der Waals surface area contributed by atoms with Crippen molar-refractivity contribution in [3.63, 3.8) is 0 Å². The maximum absolute atomic E-state index is 10.8. The predicted octanol–water partition coefficient (Wildman–Crippen LogP) is 5.62. The van der Waals surface area contributed by atoms with Crippen molar-refractivity contribution in [1.29, 1.82) is 5.26 Å². The molecule has 0 aliphatic heterocycles. The van der Waals surface area contributed by atoms with Crippen LogP contribution in [0.25, 0.3) is 20.7 Å². The summed E-state index contributed by atoms with van der Waals surface area (Å²) >= 11 is 1.35. The van der Waals surface area contributed by atoms with E-state index < -0.39 is 0 Å². The van der Waals surface area contributed by atoms with Gasteiger partial charge in [-0.3, -0.25) is 0 Å². The lowest BCUT2D eigenvalue weighted by Gasteiger charge is -2.08. The summed E-state index contributed by atoms with van der Waals surface area (Å²) in [5.74, 6) is 1.17. The van der Waals surface area contributed by atoms with E-state index in [2.05, 4.69) is 26.3 Å². The number of thiophene rings is 1. The molecular formula is C22H17N5O2S. The number of aromatic nitrogens is 2. The van der Waals surface area contributed by atoms with Gasteiger partial charge in [0.25, 0.3) is 0 Å². The lowest BCUT2D eigenvalue weighted by atomic mass is 10.1. The normalized spacial score (nSPS) is 11.1. The summed E-state index contributed by atoms with van der Waals surface area (Å²) in [7, 11) is 0. The second kappa shape index (κ2) is 8.68. The van der Waals surface area contributed by atoms with Crippen LogP contribution in [0.15, 0.2) is 65.1 Å². The van der Waals surface area contributed by atoms with Gasteiger partial charge in [-0.05, 0) is 36.8 Å². The molecule has 2 heterocycles. The van der Waals surface area contributed by atoms with E-state index in [1.54, 1.807) is 12.1 Å². The van der Waals surface area contributed by atoms with E-state index in [4.69, 9.17) is 10.00 Å². The first kappa shape index (κ1) is 19.5. The van der Waals surface area contributed by atoms with E-state index in [1.807, 2.05) is 43.3 Å². The first-order chi connectivity index (χ1) is 14.7. The Bertz CT molecular complexity index is 1260. The molecule has 1 N–H and O–H groups in total. The molecule has 0 saturated heterocycles. The summed E-state index contributed by atoms with van der Waals surface area (Å²) in [4.78, 5) is 9.10. The lowest BCUT2D eigenvalue weighted by molar-refractivity contribution is 0.341. The Morgan fingerprint density at radius 1 is 1.13 bits per heavy atom. The third-order valence-corrected chi connectivity index (χ3v) is 5.56. The van der Waals surface area contributed by atoms with Crippen molar-refractivity contribution in [1.82, 2.24) is 9.97 Å². The minimum Gasteiger partial charge on any atom is -0.504 e. The molecule has 148 valence electrons. The average molecular weight is 415 g/mol. The van der Waals surface area contributed by atoms with E-state index in [0.717, 1.165) is 11.1 Å². The minimum atomic E-state index is 0.0769. The Hall–Kier alpha value is -3.83. The molecule has 0 atom stereocenters. The number of hydrogen-bond donors (Lipinski definition) is 1. The van der Waals surface area contributed by atoms with Gasteiger partial charge in [0.05, 0.1) is 29.7 Å². The van der Waals surface area contributed by atoms with Gasteiger partial charge in [-0.25, -0.2) is 9.97 Å². The highest BCUT2D eigenvalue weighted by Crippen LogP contribution is 2.47. The van der Waals surface area contributed by atoms with Gasteiger partial charge in [-0.2, -0.15) is 10.4 Å². The van der Waals surface area contributed by atoms with Crippen molar-refractivity contribution in [3.05, 3.63) is 66.0 Å². The van der Waals surface area contributed by atoms with Crippen LogP contribution in [0.5, 0.6) is 11.5 Å². The van der Waals surface area contributed by atoms with Crippen molar-refractivity contribution < 1.29 is 9.84 Å². The van der Waals surface area contributed by atoms with Gasteiger partial charge in [-0.1, -0.05) is 24.3 Å². The fourth-order valence-corrected chi connectivity index (χ4v) is 4.05. The number of nitriles is 1. The SMILES string of the molecule is CCOc1ccccc1-c1sc2c(N=NCc3ccc(C#N)cc3)ncnc2c1O. The summed E-state index contributed by atoms with van der Waals surface area (Å²) in [5, 5.41) is 28.1. The van der Waals surface area contributed by atoms with Crippen LogP contribution < -0.4 is 4.74 Å². The molecule has 30 heavy (non-hydrogen) atoms. The molecule has 0 amide bonds. The van der Waals surface area contributed by atoms with Gasteiger partial charge in [0.2, 0.25) is 0 Å². The first-order valence-electron chi connectivity index (χ1n) is 9.26. The Morgan fingerprint density at radius 3 is 2.70 bits per heavy atom. The number of fused-ring (bicyclic) bond motifs is 1. The van der Waals surface area contributed by atoms with Gasteiger partial charge in [0.1, 0.15) is 22.3 Å². The molecule has 0 aliphatic rings. The van der Waals surface area contributed by atoms with E-state index in [9.17, 15) is 5.11 Å². The smallest absolute Gasteiger partial charge is 0.195 e. The highest BCUT2D eigenvalue weighted by Gasteiger charge is 2.20. The van der Waals surface area contributed by atoms with E-state index in [-0.39, 0.29) is 5.75 Å². The Morgan fingerprint density at radius 2 is 1.93 bits per heavy atom. The quantitative estimate of drug-likeness (QED) is 0.412. The molecule has 0 unspecified atom stereocenters. The van der Waals surface area contributed by atoms with Gasteiger partial charge >= 0.3 is 0 Å². The molecule has 2 aromatic heterocycles. The van der Waals surface area contributed by atoms with Crippen LogP contribution in [-0.4, -0.2) is 21.7 Å². The maximum atomic E-state index is 10.8. The number of azo groups is 1. The van der Waals surface area contributed by atoms with Crippen molar-refractivity contribution in [2.24, 2.45) is 10.2 Å². The van der Waals surface area contributed by atoms with Crippen molar-refractivity contribution in [2.75, 3.05) is 6.61 Å². The second-order valence-corrected chi connectivity index (χ2v) is 7.31. The zero-order valence-electron chi connectivity index (χ0n) is 16.1. The third kappa shape index (κ3) is 3.83. The van der Waals surface area contributed by atoms with Gasteiger partial charge < -0.3 is 9.84 Å². The standard InChI is InChI=1S/C22H17N5O2S/c1-2-29-17-6-4-3-5-16(17)20-19(28)18-21(30-20)22(25-13-24-18)27-26-12-15-9-7-14(11-23)8-10-15/h3-10,13,28H,2,12H2,1H3. The highest BCUT2D eigenvalue weighted by molar-refractivity contribution is 7.23. The second-order valence-electron chi connectivity index (χ2n) is 6.29. The highest BCUT2D eigenvalue weighted by atomic mass is 32.1. The fraction of sp³-hybridized carbons (Fsp3) is 0.136. The molecule has 0 bridgehead atoms.